The number of thioether (sulfide) groups is 1. The van der Waals surface area contributed by atoms with Gasteiger partial charge in [-0.25, -0.2) is 4.98 Å². The van der Waals surface area contributed by atoms with Crippen LogP contribution in [-0.2, 0) is 11.2 Å². The fourth-order valence-electron chi connectivity index (χ4n) is 3.07. The molecule has 0 bridgehead atoms. The molecule has 0 fully saturated rings. The first-order valence-corrected chi connectivity index (χ1v) is 10.5. The van der Waals surface area contributed by atoms with Crippen LogP contribution >= 0.6 is 11.8 Å². The summed E-state index contributed by atoms with van der Waals surface area (Å²) in [5.41, 5.74) is 4.08. The Kier molecular flexibility index (Phi) is 6.93. The van der Waals surface area contributed by atoms with Crippen molar-refractivity contribution in [2.45, 2.75) is 38.1 Å². The normalized spacial score (nSPS) is 10.8. The number of anilines is 1. The van der Waals surface area contributed by atoms with Crippen LogP contribution in [0.2, 0.25) is 0 Å². The minimum absolute atomic E-state index is 0.0362. The number of hydrogen-bond donors (Lipinski definition) is 1. The maximum Gasteiger partial charge on any atom is 0.234 e. The number of ether oxygens (including phenoxy) is 1. The predicted molar refractivity (Wildman–Crippen MR) is 117 cm³/mol. The van der Waals surface area contributed by atoms with E-state index < -0.39 is 0 Å². The number of pyridine rings is 1. The van der Waals surface area contributed by atoms with E-state index in [0.717, 1.165) is 39.4 Å². The van der Waals surface area contributed by atoms with Crippen molar-refractivity contribution in [1.82, 2.24) is 4.98 Å². The van der Waals surface area contributed by atoms with Gasteiger partial charge in [0, 0.05) is 11.1 Å². The number of nitrogens with zero attached hydrogens (tertiary/aromatic N) is 1. The molecule has 1 amide bonds. The predicted octanol–water partition coefficient (Wildman–Crippen LogP) is 5.63. The van der Waals surface area contributed by atoms with E-state index in [4.69, 9.17) is 4.74 Å². The van der Waals surface area contributed by atoms with Gasteiger partial charge in [0.15, 0.2) is 0 Å². The topological polar surface area (TPSA) is 51.2 Å². The molecule has 146 valence electrons. The van der Waals surface area contributed by atoms with Gasteiger partial charge in [-0.2, -0.15) is 0 Å². The zero-order chi connectivity index (χ0) is 19.9. The third-order valence-corrected chi connectivity index (χ3v) is 5.53. The number of fused-ring (bicyclic) bond motifs is 1. The smallest absolute Gasteiger partial charge is 0.234 e. The molecule has 0 radical (unpaired) electrons. The number of benzene rings is 2. The Morgan fingerprint density at radius 3 is 2.68 bits per heavy atom. The number of aryl methyl sites for hydroxylation is 2. The number of nitrogens with one attached hydrogen (secondary N) is 1. The lowest BCUT2D eigenvalue weighted by atomic mass is 10.1. The van der Waals surface area contributed by atoms with E-state index in [1.165, 1.54) is 30.2 Å². The lowest BCUT2D eigenvalue weighted by Gasteiger charge is -2.10. The quantitative estimate of drug-likeness (QED) is 0.503. The van der Waals surface area contributed by atoms with Gasteiger partial charge in [-0.15, -0.1) is 0 Å². The number of methoxy groups -OCH3 is 1. The Labute approximate surface area is 170 Å². The minimum atomic E-state index is -0.0362. The van der Waals surface area contributed by atoms with Crippen LogP contribution in [-0.4, -0.2) is 23.8 Å². The van der Waals surface area contributed by atoms with E-state index in [1.54, 1.807) is 7.11 Å². The van der Waals surface area contributed by atoms with Crippen molar-refractivity contribution >= 4 is 34.3 Å². The van der Waals surface area contributed by atoms with Gasteiger partial charge in [-0.1, -0.05) is 49.4 Å². The summed E-state index contributed by atoms with van der Waals surface area (Å²) in [7, 11) is 1.65. The van der Waals surface area contributed by atoms with Crippen LogP contribution in [0.1, 0.15) is 30.9 Å². The van der Waals surface area contributed by atoms with E-state index in [1.807, 2.05) is 43.3 Å². The number of unbranched alkanes of at least 4 members (excludes halogenated alkanes) is 1. The first-order chi connectivity index (χ1) is 13.6. The zero-order valence-electron chi connectivity index (χ0n) is 16.6. The summed E-state index contributed by atoms with van der Waals surface area (Å²) in [6.45, 7) is 4.24. The van der Waals surface area contributed by atoms with Crippen LogP contribution < -0.4 is 10.1 Å². The molecule has 3 rings (SSSR count). The summed E-state index contributed by atoms with van der Waals surface area (Å²) >= 11 is 1.43. The SMILES string of the molecule is CCCCc1ccc(NC(=O)CSc2cc(C)c3cccc(OC)c3n2)cc1. The molecule has 2 aromatic carbocycles. The molecule has 5 heteroatoms. The Morgan fingerprint density at radius 1 is 1.18 bits per heavy atom. The molecule has 3 aromatic rings. The fourth-order valence-corrected chi connectivity index (χ4v) is 3.84. The first kappa shape index (κ1) is 20.2. The standard InChI is InChI=1S/C23H26N2O2S/c1-4-5-7-17-10-12-18(13-11-17)24-21(26)15-28-22-14-16(2)19-8-6-9-20(27-3)23(19)25-22/h6,8-14H,4-5,7,15H2,1-3H3,(H,24,26). The van der Waals surface area contributed by atoms with E-state index in [0.29, 0.717) is 5.75 Å². The van der Waals surface area contributed by atoms with Crippen LogP contribution in [0, 0.1) is 6.92 Å². The third-order valence-electron chi connectivity index (χ3n) is 4.61. The molecule has 1 heterocycles. The molecule has 0 aliphatic heterocycles. The molecule has 0 aliphatic carbocycles. The molecular weight excluding hydrogens is 368 g/mol. The summed E-state index contributed by atoms with van der Waals surface area (Å²) in [6, 6.07) is 16.0. The monoisotopic (exact) mass is 394 g/mol. The van der Waals surface area contributed by atoms with Crippen LogP contribution in [0.4, 0.5) is 5.69 Å². The maximum atomic E-state index is 12.3. The molecular formula is C23H26N2O2S. The highest BCUT2D eigenvalue weighted by molar-refractivity contribution is 7.99. The molecule has 0 saturated heterocycles. The summed E-state index contributed by atoms with van der Waals surface area (Å²) in [4.78, 5) is 17.0. The van der Waals surface area contributed by atoms with Crippen molar-refractivity contribution in [3.8, 4) is 5.75 Å². The van der Waals surface area contributed by atoms with Crippen LogP contribution in [0.15, 0.2) is 53.6 Å². The van der Waals surface area contributed by atoms with E-state index in [-0.39, 0.29) is 5.91 Å². The Bertz CT molecular complexity index is 955. The lowest BCUT2D eigenvalue weighted by molar-refractivity contribution is -0.113. The highest BCUT2D eigenvalue weighted by atomic mass is 32.2. The number of carbonyl (C=O) groups excluding carboxylic acids is 1. The zero-order valence-corrected chi connectivity index (χ0v) is 17.4. The van der Waals surface area contributed by atoms with Crippen LogP contribution in [0.5, 0.6) is 5.75 Å². The number of hydrogen-bond acceptors (Lipinski definition) is 4. The molecule has 0 unspecified atom stereocenters. The van der Waals surface area contributed by atoms with E-state index in [9.17, 15) is 4.79 Å². The second-order valence-electron chi connectivity index (χ2n) is 6.77. The molecule has 1 N–H and O–H groups in total. The van der Waals surface area contributed by atoms with Crippen molar-refractivity contribution < 1.29 is 9.53 Å². The van der Waals surface area contributed by atoms with Gasteiger partial charge in [0.2, 0.25) is 5.91 Å². The Balaban J connectivity index is 1.63. The number of aromatic nitrogens is 1. The van der Waals surface area contributed by atoms with Gasteiger partial charge < -0.3 is 10.1 Å². The van der Waals surface area contributed by atoms with Gasteiger partial charge in [-0.05, 0) is 55.2 Å². The van der Waals surface area contributed by atoms with Crippen molar-refractivity contribution in [3.05, 3.63) is 59.7 Å². The highest BCUT2D eigenvalue weighted by Crippen LogP contribution is 2.29. The Hall–Kier alpha value is -2.53. The van der Waals surface area contributed by atoms with Gasteiger partial charge in [-0.3, -0.25) is 4.79 Å². The van der Waals surface area contributed by atoms with Crippen molar-refractivity contribution in [2.24, 2.45) is 0 Å². The molecule has 0 saturated carbocycles. The number of amides is 1. The minimum Gasteiger partial charge on any atom is -0.494 e. The van der Waals surface area contributed by atoms with E-state index in [2.05, 4.69) is 29.4 Å². The van der Waals surface area contributed by atoms with Crippen molar-refractivity contribution in [2.75, 3.05) is 18.2 Å². The van der Waals surface area contributed by atoms with E-state index >= 15 is 0 Å². The average molecular weight is 395 g/mol. The van der Waals surface area contributed by atoms with Gasteiger partial charge in [0.05, 0.1) is 17.9 Å². The number of para-hydroxylation sites is 1. The summed E-state index contributed by atoms with van der Waals surface area (Å²) in [5.74, 6) is 1.02. The second kappa shape index (κ2) is 9.60. The lowest BCUT2D eigenvalue weighted by Crippen LogP contribution is -2.14. The first-order valence-electron chi connectivity index (χ1n) is 9.56. The molecule has 28 heavy (non-hydrogen) atoms. The second-order valence-corrected chi connectivity index (χ2v) is 7.77. The van der Waals surface area contributed by atoms with Crippen LogP contribution in [0.3, 0.4) is 0 Å². The third kappa shape index (κ3) is 5.04. The maximum absolute atomic E-state index is 12.3. The number of rotatable bonds is 8. The van der Waals surface area contributed by atoms with Gasteiger partial charge in [0.1, 0.15) is 11.3 Å². The molecule has 0 aliphatic rings. The summed E-state index contributed by atoms with van der Waals surface area (Å²) < 4.78 is 5.43. The highest BCUT2D eigenvalue weighted by Gasteiger charge is 2.10. The Morgan fingerprint density at radius 2 is 1.96 bits per heavy atom. The average Bonchev–Trinajstić information content (AvgIpc) is 2.71. The van der Waals surface area contributed by atoms with Crippen molar-refractivity contribution in [3.63, 3.8) is 0 Å². The molecule has 1 aromatic heterocycles. The van der Waals surface area contributed by atoms with Gasteiger partial charge >= 0.3 is 0 Å². The summed E-state index contributed by atoms with van der Waals surface area (Å²) in [5, 5.41) is 4.84. The summed E-state index contributed by atoms with van der Waals surface area (Å²) in [6.07, 6.45) is 3.45. The molecule has 0 spiro atoms. The number of carbonyl (C=O) groups is 1. The van der Waals surface area contributed by atoms with Gasteiger partial charge in [0.25, 0.3) is 0 Å². The fraction of sp³-hybridized carbons (Fsp3) is 0.304. The van der Waals surface area contributed by atoms with Crippen molar-refractivity contribution in [1.29, 1.82) is 0 Å². The molecule has 0 atom stereocenters. The van der Waals surface area contributed by atoms with Crippen LogP contribution in [0.25, 0.3) is 10.9 Å². The molecule has 4 nitrogen and oxygen atoms in total. The largest absolute Gasteiger partial charge is 0.494 e.